The minimum atomic E-state index is -4.47. The summed E-state index contributed by atoms with van der Waals surface area (Å²) in [4.78, 5) is 13.0. The number of alkyl halides is 3. The van der Waals surface area contributed by atoms with E-state index in [1.165, 1.54) is 6.07 Å². The van der Waals surface area contributed by atoms with Crippen LogP contribution in [0.4, 0.5) is 13.2 Å². The Hall–Kier alpha value is -3.82. The zero-order chi connectivity index (χ0) is 28.7. The first-order valence-corrected chi connectivity index (χ1v) is 13.0. The Kier molecular flexibility index (Phi) is 9.50. The zero-order valence-electron chi connectivity index (χ0n) is 22.2. The SMILES string of the molecule is Cc1cc(OC/C=C(\c2ccc(CN3CCC(O)CC3)cc2)c2cccc(C(F)(F)F)c2)ccc1OCC(=O)O. The third-order valence-corrected chi connectivity index (χ3v) is 6.76. The Morgan fingerprint density at radius 2 is 1.73 bits per heavy atom. The number of halogens is 3. The van der Waals surface area contributed by atoms with E-state index in [-0.39, 0.29) is 12.7 Å². The molecule has 0 amide bonds. The first kappa shape index (κ1) is 29.2. The van der Waals surface area contributed by atoms with Crippen LogP contribution in [0.1, 0.15) is 40.7 Å². The highest BCUT2D eigenvalue weighted by Gasteiger charge is 2.30. The molecular formula is C31H32F3NO5. The Morgan fingerprint density at radius 1 is 1.00 bits per heavy atom. The number of aryl methyl sites for hydroxylation is 1. The van der Waals surface area contributed by atoms with Crippen LogP contribution in [0.2, 0.25) is 0 Å². The van der Waals surface area contributed by atoms with E-state index in [4.69, 9.17) is 14.6 Å². The maximum Gasteiger partial charge on any atom is 0.416 e. The third kappa shape index (κ3) is 8.09. The fraction of sp³-hybridized carbons (Fsp3) is 0.323. The number of likely N-dealkylation sites (tertiary alicyclic amines) is 1. The lowest BCUT2D eigenvalue weighted by Crippen LogP contribution is -2.35. The van der Waals surface area contributed by atoms with Crippen LogP contribution in [0.25, 0.3) is 5.57 Å². The van der Waals surface area contributed by atoms with Gasteiger partial charge in [0, 0.05) is 19.6 Å². The van der Waals surface area contributed by atoms with Crippen LogP contribution in [0.5, 0.6) is 11.5 Å². The van der Waals surface area contributed by atoms with E-state index < -0.39 is 24.3 Å². The molecule has 6 nitrogen and oxygen atoms in total. The second kappa shape index (κ2) is 13.0. The topological polar surface area (TPSA) is 79.2 Å². The lowest BCUT2D eigenvalue weighted by Gasteiger charge is -2.29. The number of piperidine rings is 1. The molecule has 0 bridgehead atoms. The number of aliphatic hydroxyl groups excluding tert-OH is 1. The van der Waals surface area contributed by atoms with Gasteiger partial charge in [0.1, 0.15) is 18.1 Å². The van der Waals surface area contributed by atoms with Gasteiger partial charge < -0.3 is 19.7 Å². The van der Waals surface area contributed by atoms with E-state index in [1.54, 1.807) is 37.3 Å². The van der Waals surface area contributed by atoms with Gasteiger partial charge in [-0.25, -0.2) is 4.79 Å². The highest BCUT2D eigenvalue weighted by molar-refractivity contribution is 5.80. The molecule has 4 rings (SSSR count). The molecule has 1 fully saturated rings. The monoisotopic (exact) mass is 555 g/mol. The van der Waals surface area contributed by atoms with E-state index in [0.29, 0.717) is 28.2 Å². The number of carboxylic acids is 1. The number of aliphatic hydroxyl groups is 1. The van der Waals surface area contributed by atoms with E-state index in [9.17, 15) is 23.1 Å². The van der Waals surface area contributed by atoms with Crippen molar-refractivity contribution >= 4 is 11.5 Å². The largest absolute Gasteiger partial charge is 0.489 e. The second-order valence-electron chi connectivity index (χ2n) is 9.82. The Balaban J connectivity index is 1.54. The standard InChI is InChI=1S/C31H32F3NO5/c1-21-17-27(9-10-29(21)40-20-30(37)38)39-16-13-28(24-3-2-4-25(18-24)31(32,33)34)23-7-5-22(6-8-23)19-35-14-11-26(36)12-15-35/h2-10,13,17-18,26,36H,11-12,14-16,19-20H2,1H3,(H,37,38)/b28-13+. The summed E-state index contributed by atoms with van der Waals surface area (Å²) >= 11 is 0. The van der Waals surface area contributed by atoms with Crippen molar-refractivity contribution < 1.29 is 37.7 Å². The predicted octanol–water partition coefficient (Wildman–Crippen LogP) is 5.94. The molecule has 2 N–H and O–H groups in total. The molecular weight excluding hydrogens is 523 g/mol. The molecule has 0 aromatic heterocycles. The van der Waals surface area contributed by atoms with Crippen molar-refractivity contribution in [2.24, 2.45) is 0 Å². The van der Waals surface area contributed by atoms with Gasteiger partial charge in [-0.15, -0.1) is 0 Å². The first-order valence-electron chi connectivity index (χ1n) is 13.0. The van der Waals surface area contributed by atoms with Gasteiger partial charge >= 0.3 is 12.1 Å². The number of ether oxygens (including phenoxy) is 2. The van der Waals surface area contributed by atoms with Crippen LogP contribution in [-0.2, 0) is 17.5 Å². The Labute approximate surface area is 231 Å². The molecule has 0 radical (unpaired) electrons. The second-order valence-corrected chi connectivity index (χ2v) is 9.82. The van der Waals surface area contributed by atoms with Crippen molar-refractivity contribution in [3.05, 3.63) is 101 Å². The summed E-state index contributed by atoms with van der Waals surface area (Å²) in [7, 11) is 0. The molecule has 1 saturated heterocycles. The van der Waals surface area contributed by atoms with Gasteiger partial charge in [0.25, 0.3) is 0 Å². The summed E-state index contributed by atoms with van der Waals surface area (Å²) in [5, 5.41) is 18.5. The normalized spacial score (nSPS) is 15.2. The fourth-order valence-electron chi connectivity index (χ4n) is 4.63. The summed E-state index contributed by atoms with van der Waals surface area (Å²) in [6, 6.07) is 18.0. The quantitative estimate of drug-likeness (QED) is 0.322. The minimum Gasteiger partial charge on any atom is -0.489 e. The smallest absolute Gasteiger partial charge is 0.416 e. The fourth-order valence-corrected chi connectivity index (χ4v) is 4.63. The van der Waals surface area contributed by atoms with Gasteiger partial charge in [0.15, 0.2) is 6.61 Å². The van der Waals surface area contributed by atoms with Crippen molar-refractivity contribution in [2.75, 3.05) is 26.3 Å². The van der Waals surface area contributed by atoms with Crippen LogP contribution in [-0.4, -0.2) is 53.5 Å². The van der Waals surface area contributed by atoms with Crippen molar-refractivity contribution in [3.8, 4) is 11.5 Å². The van der Waals surface area contributed by atoms with Gasteiger partial charge in [0.2, 0.25) is 0 Å². The molecule has 40 heavy (non-hydrogen) atoms. The summed E-state index contributed by atoms with van der Waals surface area (Å²) in [6.07, 6.45) is -1.46. The highest BCUT2D eigenvalue weighted by Crippen LogP contribution is 2.33. The van der Waals surface area contributed by atoms with Crippen LogP contribution < -0.4 is 9.47 Å². The number of rotatable bonds is 10. The minimum absolute atomic E-state index is 0.0954. The van der Waals surface area contributed by atoms with Crippen molar-refractivity contribution in [3.63, 3.8) is 0 Å². The van der Waals surface area contributed by atoms with Crippen molar-refractivity contribution in [1.29, 1.82) is 0 Å². The summed E-state index contributed by atoms with van der Waals surface area (Å²) in [5.74, 6) is -0.135. The van der Waals surface area contributed by atoms with E-state index >= 15 is 0 Å². The Morgan fingerprint density at radius 3 is 2.38 bits per heavy atom. The zero-order valence-corrected chi connectivity index (χ0v) is 22.2. The van der Waals surface area contributed by atoms with Crippen molar-refractivity contribution in [1.82, 2.24) is 4.90 Å². The van der Waals surface area contributed by atoms with Gasteiger partial charge in [0.05, 0.1) is 11.7 Å². The number of carbonyl (C=O) groups is 1. The molecule has 212 valence electrons. The molecule has 0 unspecified atom stereocenters. The molecule has 0 spiro atoms. The summed E-state index contributed by atoms with van der Waals surface area (Å²) in [6.45, 7) is 3.79. The number of hydrogen-bond donors (Lipinski definition) is 2. The lowest BCUT2D eigenvalue weighted by molar-refractivity contribution is -0.139. The first-order chi connectivity index (χ1) is 19.1. The average molecular weight is 556 g/mol. The molecule has 3 aromatic carbocycles. The van der Waals surface area contributed by atoms with Gasteiger partial charge in [-0.05, 0) is 84.0 Å². The summed E-state index contributed by atoms with van der Waals surface area (Å²) in [5.41, 5.74) is 2.84. The molecule has 1 heterocycles. The molecule has 0 aliphatic carbocycles. The average Bonchev–Trinajstić information content (AvgIpc) is 2.92. The van der Waals surface area contributed by atoms with E-state index in [1.807, 2.05) is 24.3 Å². The number of nitrogens with zero attached hydrogens (tertiary/aromatic N) is 1. The number of carboxylic acid groups (broad SMARTS) is 1. The van der Waals surface area contributed by atoms with E-state index in [0.717, 1.165) is 55.7 Å². The maximum atomic E-state index is 13.5. The van der Waals surface area contributed by atoms with Crippen LogP contribution >= 0.6 is 0 Å². The third-order valence-electron chi connectivity index (χ3n) is 6.76. The lowest BCUT2D eigenvalue weighted by atomic mass is 9.95. The number of aliphatic carboxylic acids is 1. The van der Waals surface area contributed by atoms with E-state index in [2.05, 4.69) is 4.90 Å². The highest BCUT2D eigenvalue weighted by atomic mass is 19.4. The molecule has 3 aromatic rings. The molecule has 9 heteroatoms. The molecule has 0 atom stereocenters. The maximum absolute atomic E-state index is 13.5. The number of hydrogen-bond acceptors (Lipinski definition) is 5. The van der Waals surface area contributed by atoms with Crippen LogP contribution in [0, 0.1) is 6.92 Å². The Bertz CT molecular complexity index is 1330. The van der Waals surface area contributed by atoms with Gasteiger partial charge in [-0.1, -0.05) is 36.4 Å². The molecule has 0 saturated carbocycles. The van der Waals surface area contributed by atoms with Crippen molar-refractivity contribution in [2.45, 2.75) is 38.6 Å². The van der Waals surface area contributed by atoms with Crippen LogP contribution in [0.15, 0.2) is 72.8 Å². The van der Waals surface area contributed by atoms with Gasteiger partial charge in [-0.3, -0.25) is 4.90 Å². The number of benzene rings is 3. The van der Waals surface area contributed by atoms with Crippen LogP contribution in [0.3, 0.4) is 0 Å². The molecule has 1 aliphatic heterocycles. The predicted molar refractivity (Wildman–Crippen MR) is 145 cm³/mol. The molecule has 1 aliphatic rings. The van der Waals surface area contributed by atoms with Gasteiger partial charge in [-0.2, -0.15) is 13.2 Å². The summed E-state index contributed by atoms with van der Waals surface area (Å²) < 4.78 is 51.5.